The average Bonchev–Trinajstić information content (AvgIpc) is 2.97. The Kier molecular flexibility index (Phi) is 9.65. The molecule has 0 radical (unpaired) electrons. The minimum atomic E-state index is -0.0813. The number of rotatable bonds is 5. The summed E-state index contributed by atoms with van der Waals surface area (Å²) in [5.74, 6) is 0.771. The highest BCUT2D eigenvalue weighted by Gasteiger charge is 2.28. The van der Waals surface area contributed by atoms with E-state index in [1.807, 2.05) is 6.92 Å². The molecule has 0 aliphatic carbocycles. The van der Waals surface area contributed by atoms with Crippen LogP contribution in [0.4, 0.5) is 0 Å². The van der Waals surface area contributed by atoms with Crippen LogP contribution in [0.5, 0.6) is 0 Å². The lowest BCUT2D eigenvalue weighted by Crippen LogP contribution is -2.48. The van der Waals surface area contributed by atoms with Gasteiger partial charge in [0, 0.05) is 24.5 Å². The van der Waals surface area contributed by atoms with Gasteiger partial charge in [-0.3, -0.25) is 4.79 Å². The molecule has 1 unspecified atom stereocenters. The lowest BCUT2D eigenvalue weighted by molar-refractivity contribution is -0.149. The molecule has 0 amide bonds. The third-order valence-electron chi connectivity index (χ3n) is 4.02. The number of halogens is 1. The predicted molar refractivity (Wildman–Crippen MR) is 110 cm³/mol. The van der Waals surface area contributed by atoms with Crippen LogP contribution < -0.4 is 5.32 Å². The van der Waals surface area contributed by atoms with Gasteiger partial charge in [-0.15, -0.1) is 35.3 Å². The van der Waals surface area contributed by atoms with E-state index < -0.39 is 0 Å². The predicted octanol–water partition coefficient (Wildman–Crippen LogP) is 3.42. The monoisotopic (exact) mass is 465 g/mol. The van der Waals surface area contributed by atoms with Crippen LogP contribution in [0.1, 0.15) is 37.1 Å². The molecule has 1 aliphatic heterocycles. The van der Waals surface area contributed by atoms with Gasteiger partial charge in [-0.25, -0.2) is 4.99 Å². The Balaban J connectivity index is 0.00000288. The SMILES string of the molecule is CCNC(=NCc1sccc1C)N1CCCC(C(=O)OCC)C1.I. The van der Waals surface area contributed by atoms with E-state index in [4.69, 9.17) is 9.73 Å². The maximum absolute atomic E-state index is 12.0. The number of aliphatic imine (C=N–C) groups is 1. The number of hydrogen-bond donors (Lipinski definition) is 1. The maximum atomic E-state index is 12.0. The third-order valence-corrected chi connectivity index (χ3v) is 5.02. The smallest absolute Gasteiger partial charge is 0.310 e. The van der Waals surface area contributed by atoms with E-state index in [0.29, 0.717) is 19.7 Å². The first kappa shape index (κ1) is 21.2. The first-order valence-corrected chi connectivity index (χ1v) is 9.26. The number of thiophene rings is 1. The number of carbonyl (C=O) groups excluding carboxylic acids is 1. The first-order chi connectivity index (χ1) is 11.2. The van der Waals surface area contributed by atoms with Crippen molar-refractivity contribution in [1.29, 1.82) is 0 Å². The summed E-state index contributed by atoms with van der Waals surface area (Å²) in [5, 5.41) is 5.46. The molecule has 1 aromatic rings. The summed E-state index contributed by atoms with van der Waals surface area (Å²) in [6, 6.07) is 2.13. The summed E-state index contributed by atoms with van der Waals surface area (Å²) in [4.78, 5) is 20.3. The summed E-state index contributed by atoms with van der Waals surface area (Å²) < 4.78 is 5.18. The molecule has 1 aliphatic rings. The molecule has 1 aromatic heterocycles. The zero-order valence-corrected chi connectivity index (χ0v) is 17.9. The fourth-order valence-corrected chi connectivity index (χ4v) is 3.59. The molecule has 1 saturated heterocycles. The molecule has 2 heterocycles. The summed E-state index contributed by atoms with van der Waals surface area (Å²) in [7, 11) is 0. The van der Waals surface area contributed by atoms with Crippen molar-refractivity contribution >= 4 is 47.2 Å². The Morgan fingerprint density at radius 1 is 1.50 bits per heavy atom. The number of nitrogens with one attached hydrogen (secondary N) is 1. The third kappa shape index (κ3) is 5.91. The second kappa shape index (κ2) is 10.9. The Hall–Kier alpha value is -0.830. The van der Waals surface area contributed by atoms with E-state index in [2.05, 4.69) is 35.5 Å². The largest absolute Gasteiger partial charge is 0.466 e. The summed E-state index contributed by atoms with van der Waals surface area (Å²) >= 11 is 1.74. The quantitative estimate of drug-likeness (QED) is 0.314. The molecular formula is C17H28IN3O2S. The molecule has 2 rings (SSSR count). The van der Waals surface area contributed by atoms with E-state index in [1.165, 1.54) is 10.4 Å². The minimum Gasteiger partial charge on any atom is -0.466 e. The summed E-state index contributed by atoms with van der Waals surface area (Å²) in [5.41, 5.74) is 1.29. The number of esters is 1. The molecule has 1 atom stereocenters. The van der Waals surface area contributed by atoms with Crippen LogP contribution in [0.3, 0.4) is 0 Å². The molecule has 5 nitrogen and oxygen atoms in total. The minimum absolute atomic E-state index is 0. The van der Waals surface area contributed by atoms with E-state index in [0.717, 1.165) is 31.9 Å². The number of ether oxygens (including phenoxy) is 1. The van der Waals surface area contributed by atoms with Crippen molar-refractivity contribution in [2.45, 2.75) is 40.2 Å². The molecule has 7 heteroatoms. The Bertz CT molecular complexity index is 548. The highest BCUT2D eigenvalue weighted by atomic mass is 127. The molecule has 1 N–H and O–H groups in total. The second-order valence-corrected chi connectivity index (χ2v) is 6.73. The summed E-state index contributed by atoms with van der Waals surface area (Å²) in [6.07, 6.45) is 1.89. The van der Waals surface area contributed by atoms with Gasteiger partial charge < -0.3 is 15.0 Å². The van der Waals surface area contributed by atoms with Gasteiger partial charge in [0.2, 0.25) is 0 Å². The molecule has 24 heavy (non-hydrogen) atoms. The number of guanidine groups is 1. The van der Waals surface area contributed by atoms with Crippen molar-refractivity contribution in [3.8, 4) is 0 Å². The van der Waals surface area contributed by atoms with Gasteiger partial charge in [0.1, 0.15) is 0 Å². The van der Waals surface area contributed by atoms with Gasteiger partial charge in [-0.1, -0.05) is 0 Å². The van der Waals surface area contributed by atoms with Crippen LogP contribution in [-0.2, 0) is 16.1 Å². The number of piperidine rings is 1. The molecule has 1 fully saturated rings. The van der Waals surface area contributed by atoms with Crippen LogP contribution in [0.15, 0.2) is 16.4 Å². The van der Waals surface area contributed by atoms with Gasteiger partial charge in [0.05, 0.1) is 19.1 Å². The van der Waals surface area contributed by atoms with Crippen LogP contribution in [0.2, 0.25) is 0 Å². The topological polar surface area (TPSA) is 53.9 Å². The highest BCUT2D eigenvalue weighted by Crippen LogP contribution is 2.19. The van der Waals surface area contributed by atoms with Crippen molar-refractivity contribution in [2.24, 2.45) is 10.9 Å². The van der Waals surface area contributed by atoms with Gasteiger partial charge in [-0.05, 0) is 50.6 Å². The molecule has 0 bridgehead atoms. The molecule has 0 spiro atoms. The van der Waals surface area contributed by atoms with Crippen LogP contribution >= 0.6 is 35.3 Å². The summed E-state index contributed by atoms with van der Waals surface area (Å²) in [6.45, 7) is 9.62. The zero-order valence-electron chi connectivity index (χ0n) is 14.7. The fourth-order valence-electron chi connectivity index (χ4n) is 2.76. The second-order valence-electron chi connectivity index (χ2n) is 5.73. The lowest BCUT2D eigenvalue weighted by Gasteiger charge is -2.34. The van der Waals surface area contributed by atoms with Gasteiger partial charge in [0.25, 0.3) is 0 Å². The molecular weight excluding hydrogens is 437 g/mol. The number of hydrogen-bond acceptors (Lipinski definition) is 4. The van der Waals surface area contributed by atoms with Crippen molar-refractivity contribution in [3.05, 3.63) is 21.9 Å². The zero-order chi connectivity index (χ0) is 16.7. The Morgan fingerprint density at radius 3 is 2.92 bits per heavy atom. The van der Waals surface area contributed by atoms with Crippen molar-refractivity contribution in [3.63, 3.8) is 0 Å². The molecule has 0 aromatic carbocycles. The lowest BCUT2D eigenvalue weighted by atomic mass is 9.98. The number of aryl methyl sites for hydroxylation is 1. The van der Waals surface area contributed by atoms with E-state index in [1.54, 1.807) is 11.3 Å². The molecule has 0 saturated carbocycles. The average molecular weight is 465 g/mol. The van der Waals surface area contributed by atoms with Gasteiger partial charge in [-0.2, -0.15) is 0 Å². The van der Waals surface area contributed by atoms with Crippen LogP contribution in [-0.4, -0.2) is 43.1 Å². The number of likely N-dealkylation sites (tertiary alicyclic amines) is 1. The van der Waals surface area contributed by atoms with Crippen molar-refractivity contribution in [1.82, 2.24) is 10.2 Å². The number of nitrogens with zero attached hydrogens (tertiary/aromatic N) is 2. The van der Waals surface area contributed by atoms with Crippen molar-refractivity contribution in [2.75, 3.05) is 26.2 Å². The van der Waals surface area contributed by atoms with Crippen molar-refractivity contribution < 1.29 is 9.53 Å². The Labute approximate surface area is 165 Å². The van der Waals surface area contributed by atoms with E-state index in [9.17, 15) is 4.79 Å². The fraction of sp³-hybridized carbons (Fsp3) is 0.647. The van der Waals surface area contributed by atoms with E-state index >= 15 is 0 Å². The first-order valence-electron chi connectivity index (χ1n) is 8.38. The van der Waals surface area contributed by atoms with Crippen LogP contribution in [0, 0.1) is 12.8 Å². The number of carbonyl (C=O) groups is 1. The van der Waals surface area contributed by atoms with E-state index in [-0.39, 0.29) is 35.9 Å². The Morgan fingerprint density at radius 2 is 2.29 bits per heavy atom. The van der Waals surface area contributed by atoms with Crippen LogP contribution in [0.25, 0.3) is 0 Å². The van der Waals surface area contributed by atoms with Gasteiger partial charge in [0.15, 0.2) is 5.96 Å². The highest BCUT2D eigenvalue weighted by molar-refractivity contribution is 14.0. The maximum Gasteiger partial charge on any atom is 0.310 e. The van der Waals surface area contributed by atoms with Gasteiger partial charge >= 0.3 is 5.97 Å². The standard InChI is InChI=1S/C17H27N3O2S.HI/c1-4-18-17(19-11-15-13(3)8-10-23-15)20-9-6-7-14(12-20)16(21)22-5-2;/h8,10,14H,4-7,9,11-12H2,1-3H3,(H,18,19);1H. The molecule has 136 valence electrons. The normalized spacial score (nSPS) is 18.0.